The molecular weight excluding hydrogens is 392 g/mol. The largest absolute Gasteiger partial charge is 0.352 e. The first kappa shape index (κ1) is 21.9. The van der Waals surface area contributed by atoms with Crippen LogP contribution in [-0.4, -0.2) is 67.1 Å². The summed E-state index contributed by atoms with van der Waals surface area (Å²) < 4.78 is 3.42. The van der Waals surface area contributed by atoms with Crippen LogP contribution in [-0.2, 0) is 0 Å². The van der Waals surface area contributed by atoms with E-state index in [1.54, 1.807) is 30.5 Å². The monoisotopic (exact) mass is 420 g/mol. The maximum Gasteiger partial charge on any atom is 0.291 e. The lowest BCUT2D eigenvalue weighted by molar-refractivity contribution is 0.0928. The van der Waals surface area contributed by atoms with Crippen LogP contribution in [0.1, 0.15) is 36.7 Å². The molecule has 1 aliphatic rings. The van der Waals surface area contributed by atoms with Crippen LogP contribution in [0.3, 0.4) is 0 Å². The number of aliphatic imine (C=N–C) groups is 1. The highest BCUT2D eigenvalue weighted by atomic mass is 16.2. The Labute approximate surface area is 182 Å². The van der Waals surface area contributed by atoms with Crippen LogP contribution in [0.15, 0.2) is 60.7 Å². The summed E-state index contributed by atoms with van der Waals surface area (Å²) in [6.07, 6.45) is 17.2. The molecule has 9 nitrogen and oxygen atoms in total. The Morgan fingerprint density at radius 2 is 2.16 bits per heavy atom. The molecule has 3 rings (SSSR count). The Balaban J connectivity index is 1.63. The van der Waals surface area contributed by atoms with Gasteiger partial charge in [0.1, 0.15) is 6.33 Å². The predicted molar refractivity (Wildman–Crippen MR) is 122 cm³/mol. The maximum absolute atomic E-state index is 12.7. The van der Waals surface area contributed by atoms with E-state index in [-0.39, 0.29) is 17.8 Å². The SMILES string of the molecule is C=Cn1ccnc1C(=NC)N1CC[C@H](NC(=O)c2ncn(C(/C=C\C=C/C)=C/C)n2)C1. The first-order valence-electron chi connectivity index (χ1n) is 10.2. The molecule has 31 heavy (non-hydrogen) atoms. The Morgan fingerprint density at radius 3 is 2.87 bits per heavy atom. The van der Waals surface area contributed by atoms with Crippen LogP contribution < -0.4 is 5.32 Å². The van der Waals surface area contributed by atoms with Crippen LogP contribution in [0.5, 0.6) is 0 Å². The molecule has 0 unspecified atom stereocenters. The van der Waals surface area contributed by atoms with Crippen molar-refractivity contribution in [1.29, 1.82) is 0 Å². The van der Waals surface area contributed by atoms with Crippen LogP contribution in [0.2, 0.25) is 0 Å². The van der Waals surface area contributed by atoms with Crippen molar-refractivity contribution in [2.24, 2.45) is 4.99 Å². The molecule has 0 saturated carbocycles. The number of carbonyl (C=O) groups excluding carboxylic acids is 1. The Bertz CT molecular complexity index is 1040. The number of hydrogen-bond acceptors (Lipinski definition) is 5. The van der Waals surface area contributed by atoms with Crippen molar-refractivity contribution in [3.05, 3.63) is 67.3 Å². The van der Waals surface area contributed by atoms with Crippen LogP contribution in [0.4, 0.5) is 0 Å². The van der Waals surface area contributed by atoms with E-state index in [4.69, 9.17) is 0 Å². The fourth-order valence-corrected chi connectivity index (χ4v) is 3.40. The van der Waals surface area contributed by atoms with Gasteiger partial charge in [0, 0.05) is 44.8 Å². The van der Waals surface area contributed by atoms with Gasteiger partial charge in [0.2, 0.25) is 5.82 Å². The van der Waals surface area contributed by atoms with Crippen molar-refractivity contribution < 1.29 is 4.79 Å². The fourth-order valence-electron chi connectivity index (χ4n) is 3.40. The smallest absolute Gasteiger partial charge is 0.291 e. The zero-order chi connectivity index (χ0) is 22.2. The second-order valence-corrected chi connectivity index (χ2v) is 6.90. The second-order valence-electron chi connectivity index (χ2n) is 6.90. The lowest BCUT2D eigenvalue weighted by Crippen LogP contribution is -2.39. The first-order chi connectivity index (χ1) is 15.1. The number of amides is 1. The van der Waals surface area contributed by atoms with Gasteiger partial charge in [-0.05, 0) is 26.3 Å². The number of allylic oxidation sites excluding steroid dienone is 6. The van der Waals surface area contributed by atoms with Gasteiger partial charge < -0.3 is 14.8 Å². The summed E-state index contributed by atoms with van der Waals surface area (Å²) in [5.41, 5.74) is 0.832. The van der Waals surface area contributed by atoms with Crippen LogP contribution in [0, 0.1) is 0 Å². The van der Waals surface area contributed by atoms with E-state index < -0.39 is 0 Å². The number of likely N-dealkylation sites (tertiary alicyclic amines) is 1. The summed E-state index contributed by atoms with van der Waals surface area (Å²) in [6.45, 7) is 9.06. The third-order valence-electron chi connectivity index (χ3n) is 4.93. The minimum Gasteiger partial charge on any atom is -0.352 e. The molecular formula is C22H28N8O. The summed E-state index contributed by atoms with van der Waals surface area (Å²) >= 11 is 0. The topological polar surface area (TPSA) is 93.2 Å². The summed E-state index contributed by atoms with van der Waals surface area (Å²) in [5, 5.41) is 7.35. The van der Waals surface area contributed by atoms with E-state index in [0.717, 1.165) is 30.3 Å². The molecule has 0 spiro atoms. The van der Waals surface area contributed by atoms with Crippen molar-refractivity contribution in [3.63, 3.8) is 0 Å². The number of nitrogens with zero attached hydrogens (tertiary/aromatic N) is 7. The van der Waals surface area contributed by atoms with E-state index in [0.29, 0.717) is 6.54 Å². The Kier molecular flexibility index (Phi) is 7.31. The maximum atomic E-state index is 12.7. The predicted octanol–water partition coefficient (Wildman–Crippen LogP) is 2.45. The summed E-state index contributed by atoms with van der Waals surface area (Å²) in [7, 11) is 1.74. The fraction of sp³-hybridized carbons (Fsp3) is 0.318. The number of imidazole rings is 1. The first-order valence-corrected chi connectivity index (χ1v) is 10.2. The molecule has 2 aromatic rings. The van der Waals surface area contributed by atoms with E-state index in [1.165, 1.54) is 0 Å². The highest BCUT2D eigenvalue weighted by Crippen LogP contribution is 2.15. The summed E-state index contributed by atoms with van der Waals surface area (Å²) in [4.78, 5) is 27.8. The number of hydrogen-bond donors (Lipinski definition) is 1. The van der Waals surface area contributed by atoms with Crippen LogP contribution in [0.25, 0.3) is 11.9 Å². The second kappa shape index (κ2) is 10.3. The molecule has 0 bridgehead atoms. The van der Waals surface area contributed by atoms with E-state index >= 15 is 0 Å². The van der Waals surface area contributed by atoms with E-state index in [9.17, 15) is 4.79 Å². The van der Waals surface area contributed by atoms with Crippen molar-refractivity contribution in [2.75, 3.05) is 20.1 Å². The van der Waals surface area contributed by atoms with Gasteiger partial charge in [-0.15, -0.1) is 5.10 Å². The van der Waals surface area contributed by atoms with Crippen LogP contribution >= 0.6 is 0 Å². The minimum atomic E-state index is -0.291. The molecule has 1 N–H and O–H groups in total. The average molecular weight is 421 g/mol. The lowest BCUT2D eigenvalue weighted by atomic mass is 10.2. The molecule has 1 amide bonds. The van der Waals surface area contributed by atoms with Gasteiger partial charge in [0.15, 0.2) is 11.7 Å². The van der Waals surface area contributed by atoms with Gasteiger partial charge in [-0.2, -0.15) is 0 Å². The third kappa shape index (κ3) is 5.06. The van der Waals surface area contributed by atoms with Crippen molar-refractivity contribution in [2.45, 2.75) is 26.3 Å². The highest BCUT2D eigenvalue weighted by Gasteiger charge is 2.29. The van der Waals surface area contributed by atoms with Gasteiger partial charge in [-0.25, -0.2) is 14.6 Å². The molecule has 1 aliphatic heterocycles. The lowest BCUT2D eigenvalue weighted by Gasteiger charge is -2.20. The van der Waals surface area contributed by atoms with Gasteiger partial charge in [-0.1, -0.05) is 30.9 Å². The van der Waals surface area contributed by atoms with Gasteiger partial charge >= 0.3 is 0 Å². The number of rotatable bonds is 7. The zero-order valence-corrected chi connectivity index (χ0v) is 18.1. The Morgan fingerprint density at radius 1 is 1.32 bits per heavy atom. The quantitative estimate of drug-likeness (QED) is 0.422. The number of amidine groups is 1. The van der Waals surface area contributed by atoms with Crippen molar-refractivity contribution in [3.8, 4) is 0 Å². The van der Waals surface area contributed by atoms with E-state index in [2.05, 4.69) is 36.9 Å². The molecule has 9 heteroatoms. The average Bonchev–Trinajstić information content (AvgIpc) is 3.53. The molecule has 1 atom stereocenters. The number of aromatic nitrogens is 5. The zero-order valence-electron chi connectivity index (χ0n) is 18.1. The molecule has 3 heterocycles. The third-order valence-corrected chi connectivity index (χ3v) is 4.93. The van der Waals surface area contributed by atoms with Gasteiger partial charge in [-0.3, -0.25) is 9.79 Å². The number of nitrogens with one attached hydrogen (secondary N) is 1. The molecule has 1 fully saturated rings. The standard InChI is InChI=1S/C22H28N8O/c1-5-8-9-10-18(6-2)30-16-25-19(27-30)22(31)26-17-11-13-29(15-17)20(23-4)21-24-12-14-28(21)7-3/h5-10,12,14,16-17H,3,11,13,15H2,1-2,4H3,(H,26,31)/b8-5-,10-9-,18-6+,23-20?/t17-/m0/s1. The Hall–Kier alpha value is -3.75. The number of carbonyl (C=O) groups is 1. The molecule has 1 saturated heterocycles. The summed E-state index contributed by atoms with van der Waals surface area (Å²) in [5.74, 6) is 1.36. The molecule has 0 radical (unpaired) electrons. The molecule has 2 aromatic heterocycles. The van der Waals surface area contributed by atoms with Gasteiger partial charge in [0.05, 0.1) is 5.70 Å². The molecule has 162 valence electrons. The van der Waals surface area contributed by atoms with Crippen molar-refractivity contribution >= 4 is 23.6 Å². The minimum absolute atomic E-state index is 0.0286. The summed E-state index contributed by atoms with van der Waals surface area (Å²) in [6, 6.07) is -0.0286. The molecule has 0 aromatic carbocycles. The van der Waals surface area contributed by atoms with Gasteiger partial charge in [0.25, 0.3) is 5.91 Å². The highest BCUT2D eigenvalue weighted by molar-refractivity contribution is 5.96. The normalized spacial score (nSPS) is 17.8. The van der Waals surface area contributed by atoms with Crippen molar-refractivity contribution in [1.82, 2.24) is 34.5 Å². The van der Waals surface area contributed by atoms with E-state index in [1.807, 2.05) is 55.0 Å². The molecule has 0 aliphatic carbocycles.